The molecule has 1 unspecified atom stereocenters. The van der Waals surface area contributed by atoms with Crippen LogP contribution in [0.4, 0.5) is 0 Å². The first kappa shape index (κ1) is 16.5. The zero-order chi connectivity index (χ0) is 14.3. The van der Waals surface area contributed by atoms with E-state index in [-0.39, 0.29) is 6.10 Å². The van der Waals surface area contributed by atoms with Crippen LogP contribution in [0.25, 0.3) is 0 Å². The van der Waals surface area contributed by atoms with Gasteiger partial charge in [-0.1, -0.05) is 39.5 Å². The minimum absolute atomic E-state index is 0.0783. The molecule has 0 radical (unpaired) electrons. The molecule has 1 fully saturated rings. The van der Waals surface area contributed by atoms with E-state index in [2.05, 4.69) is 51.4 Å². The van der Waals surface area contributed by atoms with Crippen LogP contribution in [0, 0.1) is 23.7 Å². The van der Waals surface area contributed by atoms with Gasteiger partial charge in [0.25, 0.3) is 0 Å². The minimum Gasteiger partial charge on any atom is -0.362 e. The maximum Gasteiger partial charge on any atom is 0.115 e. The summed E-state index contributed by atoms with van der Waals surface area (Å²) in [6, 6.07) is 0. The summed E-state index contributed by atoms with van der Waals surface area (Å²) in [5.74, 6) is 7.63. The highest BCUT2D eigenvalue weighted by atomic mass is 16.5. The van der Waals surface area contributed by atoms with E-state index < -0.39 is 0 Å². The second-order valence-electron chi connectivity index (χ2n) is 6.45. The summed E-state index contributed by atoms with van der Waals surface area (Å²) in [6.07, 6.45) is 4.11. The van der Waals surface area contributed by atoms with Gasteiger partial charge in [0.15, 0.2) is 0 Å². The van der Waals surface area contributed by atoms with Crippen LogP contribution >= 0.6 is 0 Å². The smallest absolute Gasteiger partial charge is 0.115 e. The lowest BCUT2D eigenvalue weighted by atomic mass is 10.1. The van der Waals surface area contributed by atoms with Gasteiger partial charge in [-0.2, -0.15) is 0 Å². The lowest BCUT2D eigenvalue weighted by Gasteiger charge is -2.32. The van der Waals surface area contributed by atoms with Gasteiger partial charge in [0.2, 0.25) is 0 Å². The molecule has 1 atom stereocenters. The first-order valence-corrected chi connectivity index (χ1v) is 7.86. The van der Waals surface area contributed by atoms with Crippen LogP contribution in [0.5, 0.6) is 0 Å². The van der Waals surface area contributed by atoms with E-state index >= 15 is 0 Å². The normalized spacial score (nSPS) is 19.5. The van der Waals surface area contributed by atoms with E-state index in [1.54, 1.807) is 0 Å². The zero-order valence-electron chi connectivity index (χ0n) is 13.4. The Bertz CT molecular complexity index is 292. The number of hydrogen-bond acceptors (Lipinski definition) is 2. The third-order valence-corrected chi connectivity index (χ3v) is 3.53. The fourth-order valence-electron chi connectivity index (χ4n) is 2.32. The lowest BCUT2D eigenvalue weighted by Crippen LogP contribution is -2.38. The van der Waals surface area contributed by atoms with Crippen LogP contribution in [0.2, 0.25) is 0 Å². The van der Waals surface area contributed by atoms with Crippen molar-refractivity contribution in [3.63, 3.8) is 0 Å². The summed E-state index contributed by atoms with van der Waals surface area (Å²) in [4.78, 5) is 2.57. The summed E-state index contributed by atoms with van der Waals surface area (Å²) in [7, 11) is 0. The summed E-state index contributed by atoms with van der Waals surface area (Å²) in [5.41, 5.74) is 0. The number of ether oxygens (including phenoxy) is 1. The number of piperidine rings is 1. The number of hydrogen-bond donors (Lipinski definition) is 0. The monoisotopic (exact) mass is 265 g/mol. The van der Waals surface area contributed by atoms with Gasteiger partial charge in [0.05, 0.1) is 6.10 Å². The highest BCUT2D eigenvalue weighted by molar-refractivity contribution is 5.05. The van der Waals surface area contributed by atoms with Gasteiger partial charge in [0, 0.05) is 19.0 Å². The standard InChI is InChI=1S/C17H31NO/c1-14(2)6-7-16(5)19-17-9-12-18(13-10-17)11-8-15(3)4/h14-17H,8-13H2,1-5H3. The number of rotatable bonds is 5. The van der Waals surface area contributed by atoms with E-state index in [1.165, 1.54) is 26.1 Å². The lowest BCUT2D eigenvalue weighted by molar-refractivity contribution is -0.0124. The topological polar surface area (TPSA) is 12.5 Å². The Morgan fingerprint density at radius 3 is 2.21 bits per heavy atom. The van der Waals surface area contributed by atoms with Crippen LogP contribution in [-0.4, -0.2) is 36.7 Å². The molecule has 2 heteroatoms. The van der Waals surface area contributed by atoms with Crippen molar-refractivity contribution >= 4 is 0 Å². The van der Waals surface area contributed by atoms with Gasteiger partial charge < -0.3 is 9.64 Å². The Morgan fingerprint density at radius 1 is 1.05 bits per heavy atom. The molecule has 0 amide bonds. The third-order valence-electron chi connectivity index (χ3n) is 3.53. The largest absolute Gasteiger partial charge is 0.362 e. The molecule has 1 rings (SSSR count). The quantitative estimate of drug-likeness (QED) is 0.705. The first-order chi connectivity index (χ1) is 8.97. The molecule has 1 aliphatic rings. The molecule has 1 aliphatic heterocycles. The van der Waals surface area contributed by atoms with Crippen molar-refractivity contribution in [3.05, 3.63) is 0 Å². The van der Waals surface area contributed by atoms with Crippen molar-refractivity contribution < 1.29 is 4.74 Å². The molecule has 0 aliphatic carbocycles. The highest BCUT2D eigenvalue weighted by Crippen LogP contribution is 2.16. The second-order valence-corrected chi connectivity index (χ2v) is 6.45. The fourth-order valence-corrected chi connectivity index (χ4v) is 2.32. The maximum absolute atomic E-state index is 6.02. The summed E-state index contributed by atoms with van der Waals surface area (Å²) in [6.45, 7) is 14.5. The molecule has 1 saturated heterocycles. The van der Waals surface area contributed by atoms with E-state index in [9.17, 15) is 0 Å². The van der Waals surface area contributed by atoms with Crippen LogP contribution in [0.15, 0.2) is 0 Å². The molecular weight excluding hydrogens is 234 g/mol. The molecule has 0 saturated carbocycles. The Balaban J connectivity index is 2.21. The van der Waals surface area contributed by atoms with Gasteiger partial charge in [-0.3, -0.25) is 0 Å². The van der Waals surface area contributed by atoms with E-state index in [1.807, 2.05) is 0 Å². The zero-order valence-corrected chi connectivity index (χ0v) is 13.4. The summed E-state index contributed by atoms with van der Waals surface area (Å²) < 4.78 is 6.02. The molecule has 0 aromatic heterocycles. The second kappa shape index (κ2) is 8.61. The molecule has 0 aromatic rings. The average Bonchev–Trinajstić information content (AvgIpc) is 2.35. The van der Waals surface area contributed by atoms with Crippen LogP contribution in [0.1, 0.15) is 53.9 Å². The van der Waals surface area contributed by atoms with Crippen molar-refractivity contribution in [1.29, 1.82) is 0 Å². The SMILES string of the molecule is CC(C)C#CC(C)OC1CCN(CCC(C)C)CC1. The van der Waals surface area contributed by atoms with Crippen molar-refractivity contribution in [1.82, 2.24) is 4.90 Å². The molecule has 0 bridgehead atoms. The van der Waals surface area contributed by atoms with Gasteiger partial charge in [-0.15, -0.1) is 0 Å². The van der Waals surface area contributed by atoms with Gasteiger partial charge in [-0.05, 0) is 38.6 Å². The molecule has 110 valence electrons. The molecule has 19 heavy (non-hydrogen) atoms. The maximum atomic E-state index is 6.02. The van der Waals surface area contributed by atoms with Gasteiger partial charge in [0.1, 0.15) is 6.10 Å². The molecule has 0 aromatic carbocycles. The minimum atomic E-state index is 0.0783. The first-order valence-electron chi connectivity index (χ1n) is 7.86. The number of likely N-dealkylation sites (tertiary alicyclic amines) is 1. The molecule has 0 spiro atoms. The predicted octanol–water partition coefficient (Wildman–Crippen LogP) is 3.56. The Hall–Kier alpha value is -0.520. The molecule has 0 N–H and O–H groups in total. The summed E-state index contributed by atoms with van der Waals surface area (Å²) >= 11 is 0. The fraction of sp³-hybridized carbons (Fsp3) is 0.882. The number of nitrogens with zero attached hydrogens (tertiary/aromatic N) is 1. The molecular formula is C17H31NO. The highest BCUT2D eigenvalue weighted by Gasteiger charge is 2.20. The third kappa shape index (κ3) is 7.60. The average molecular weight is 265 g/mol. The van der Waals surface area contributed by atoms with Gasteiger partial charge >= 0.3 is 0 Å². The Kier molecular flexibility index (Phi) is 7.49. The van der Waals surface area contributed by atoms with Crippen molar-refractivity contribution in [2.75, 3.05) is 19.6 Å². The molecule has 1 heterocycles. The summed E-state index contributed by atoms with van der Waals surface area (Å²) in [5, 5.41) is 0. The van der Waals surface area contributed by atoms with Crippen LogP contribution < -0.4 is 0 Å². The van der Waals surface area contributed by atoms with E-state index in [0.29, 0.717) is 12.0 Å². The molecule has 2 nitrogen and oxygen atoms in total. The van der Waals surface area contributed by atoms with Crippen molar-refractivity contribution in [2.45, 2.75) is 66.1 Å². The van der Waals surface area contributed by atoms with Crippen LogP contribution in [0.3, 0.4) is 0 Å². The van der Waals surface area contributed by atoms with Crippen molar-refractivity contribution in [2.24, 2.45) is 11.8 Å². The van der Waals surface area contributed by atoms with Crippen LogP contribution in [-0.2, 0) is 4.74 Å². The van der Waals surface area contributed by atoms with Gasteiger partial charge in [-0.25, -0.2) is 0 Å². The Morgan fingerprint density at radius 2 is 1.68 bits per heavy atom. The van der Waals surface area contributed by atoms with E-state index in [0.717, 1.165) is 18.8 Å². The Labute approximate surface area is 119 Å². The van der Waals surface area contributed by atoms with E-state index in [4.69, 9.17) is 4.74 Å². The predicted molar refractivity (Wildman–Crippen MR) is 82.1 cm³/mol. The van der Waals surface area contributed by atoms with Crippen molar-refractivity contribution in [3.8, 4) is 11.8 Å².